The van der Waals surface area contributed by atoms with Crippen LogP contribution < -0.4 is 5.32 Å². The summed E-state index contributed by atoms with van der Waals surface area (Å²) in [6.45, 7) is 5.42. The first-order valence-corrected chi connectivity index (χ1v) is 9.01. The maximum absolute atomic E-state index is 12.5. The Labute approximate surface area is 158 Å². The van der Waals surface area contributed by atoms with Crippen molar-refractivity contribution in [3.63, 3.8) is 0 Å². The first-order valence-electron chi connectivity index (χ1n) is 9.01. The van der Waals surface area contributed by atoms with Crippen LogP contribution >= 0.6 is 0 Å². The van der Waals surface area contributed by atoms with Crippen molar-refractivity contribution in [3.05, 3.63) is 89.1 Å². The van der Waals surface area contributed by atoms with Crippen LogP contribution in [0.1, 0.15) is 32.7 Å². The molecule has 27 heavy (non-hydrogen) atoms. The number of hydrogen-bond acceptors (Lipinski definition) is 2. The number of aromatic nitrogens is 3. The molecule has 0 fully saturated rings. The average molecular weight is 358 g/mol. The topological polar surface area (TPSA) is 62.7 Å². The van der Waals surface area contributed by atoms with Gasteiger partial charge in [-0.15, -0.1) is 0 Å². The first kappa shape index (κ1) is 17.1. The third-order valence-corrected chi connectivity index (χ3v) is 4.97. The molecule has 2 aromatic carbocycles. The van der Waals surface area contributed by atoms with Gasteiger partial charge in [-0.1, -0.05) is 24.3 Å². The molecule has 2 heterocycles. The second-order valence-corrected chi connectivity index (χ2v) is 6.87. The molecule has 136 valence electrons. The number of nitrogens with one attached hydrogen (secondary N) is 2. The number of carbonyl (C=O) groups excluding carboxylic acids is 1. The fraction of sp³-hybridized carbons (Fsp3) is 0.182. The van der Waals surface area contributed by atoms with Crippen molar-refractivity contribution in [3.8, 4) is 0 Å². The van der Waals surface area contributed by atoms with Gasteiger partial charge in [-0.05, 0) is 48.7 Å². The SMILES string of the molecule is Cc1[nH]c2ccc(C(=O)NCc3ccc(Cn4ccnc4)cc3)cc2c1C. The Balaban J connectivity index is 1.40. The molecule has 4 aromatic rings. The Hall–Kier alpha value is -3.34. The van der Waals surface area contributed by atoms with E-state index in [1.807, 2.05) is 35.9 Å². The van der Waals surface area contributed by atoms with Crippen molar-refractivity contribution in [2.75, 3.05) is 0 Å². The maximum atomic E-state index is 12.5. The molecule has 1 amide bonds. The lowest BCUT2D eigenvalue weighted by molar-refractivity contribution is 0.0951. The summed E-state index contributed by atoms with van der Waals surface area (Å²) in [5, 5.41) is 4.11. The lowest BCUT2D eigenvalue weighted by Crippen LogP contribution is -2.22. The van der Waals surface area contributed by atoms with Crippen molar-refractivity contribution in [1.82, 2.24) is 19.9 Å². The number of aromatic amines is 1. The van der Waals surface area contributed by atoms with Gasteiger partial charge < -0.3 is 14.9 Å². The van der Waals surface area contributed by atoms with E-state index >= 15 is 0 Å². The summed E-state index contributed by atoms with van der Waals surface area (Å²) in [5.41, 5.74) is 6.35. The molecular formula is C22H22N4O. The summed E-state index contributed by atoms with van der Waals surface area (Å²) in [6, 6.07) is 14.1. The number of H-pyrrole nitrogens is 1. The minimum Gasteiger partial charge on any atom is -0.358 e. The molecule has 4 rings (SSSR count). The van der Waals surface area contributed by atoms with Crippen LogP contribution in [-0.4, -0.2) is 20.4 Å². The zero-order valence-electron chi connectivity index (χ0n) is 15.5. The number of hydrogen-bond donors (Lipinski definition) is 2. The molecule has 0 saturated heterocycles. The van der Waals surface area contributed by atoms with Crippen molar-refractivity contribution < 1.29 is 4.79 Å². The number of benzene rings is 2. The predicted molar refractivity (Wildman–Crippen MR) is 107 cm³/mol. The van der Waals surface area contributed by atoms with E-state index in [0.717, 1.165) is 28.7 Å². The highest BCUT2D eigenvalue weighted by atomic mass is 16.1. The van der Waals surface area contributed by atoms with Gasteiger partial charge in [0.05, 0.1) is 6.33 Å². The summed E-state index contributed by atoms with van der Waals surface area (Å²) in [5.74, 6) is -0.0577. The van der Waals surface area contributed by atoms with Crippen molar-refractivity contribution in [1.29, 1.82) is 0 Å². The van der Waals surface area contributed by atoms with Crippen LogP contribution in [0, 0.1) is 13.8 Å². The van der Waals surface area contributed by atoms with Gasteiger partial charge in [0, 0.05) is 47.6 Å². The van der Waals surface area contributed by atoms with Crippen LogP contribution in [0.15, 0.2) is 61.2 Å². The van der Waals surface area contributed by atoms with Crippen molar-refractivity contribution >= 4 is 16.8 Å². The fourth-order valence-electron chi connectivity index (χ4n) is 3.24. The van der Waals surface area contributed by atoms with Gasteiger partial charge in [0.15, 0.2) is 0 Å². The normalized spacial score (nSPS) is 11.0. The number of nitrogens with zero attached hydrogens (tertiary/aromatic N) is 2. The molecular weight excluding hydrogens is 336 g/mol. The summed E-state index contributed by atoms with van der Waals surface area (Å²) in [7, 11) is 0. The third-order valence-electron chi connectivity index (χ3n) is 4.97. The summed E-state index contributed by atoms with van der Waals surface area (Å²) < 4.78 is 2.03. The first-order chi connectivity index (χ1) is 13.1. The predicted octanol–water partition coefficient (Wildman–Crippen LogP) is 3.96. The summed E-state index contributed by atoms with van der Waals surface area (Å²) >= 11 is 0. The largest absolute Gasteiger partial charge is 0.358 e. The van der Waals surface area contributed by atoms with Gasteiger partial charge >= 0.3 is 0 Å². The minimum absolute atomic E-state index is 0.0577. The van der Waals surface area contributed by atoms with E-state index in [0.29, 0.717) is 12.1 Å². The number of imidazole rings is 1. The van der Waals surface area contributed by atoms with Crippen LogP contribution in [0.3, 0.4) is 0 Å². The van der Waals surface area contributed by atoms with Crippen LogP contribution in [0.2, 0.25) is 0 Å². The molecule has 5 nitrogen and oxygen atoms in total. The smallest absolute Gasteiger partial charge is 0.251 e. The highest BCUT2D eigenvalue weighted by Crippen LogP contribution is 2.22. The Kier molecular flexibility index (Phi) is 4.50. The number of fused-ring (bicyclic) bond motifs is 1. The average Bonchev–Trinajstić information content (AvgIpc) is 3.29. The molecule has 0 radical (unpaired) electrons. The molecule has 0 unspecified atom stereocenters. The van der Waals surface area contributed by atoms with Gasteiger partial charge in [0.25, 0.3) is 5.91 Å². The molecule has 0 atom stereocenters. The van der Waals surface area contributed by atoms with E-state index in [9.17, 15) is 4.79 Å². The Morgan fingerprint density at radius 2 is 1.89 bits per heavy atom. The van der Waals surface area contributed by atoms with Gasteiger partial charge in [0.2, 0.25) is 0 Å². The van der Waals surface area contributed by atoms with Crippen LogP contribution in [0.25, 0.3) is 10.9 Å². The van der Waals surface area contributed by atoms with Gasteiger partial charge in [0.1, 0.15) is 0 Å². The van der Waals surface area contributed by atoms with Gasteiger partial charge in [-0.25, -0.2) is 4.98 Å². The quantitative estimate of drug-likeness (QED) is 0.567. The lowest BCUT2D eigenvalue weighted by Gasteiger charge is -2.08. The molecule has 2 aromatic heterocycles. The lowest BCUT2D eigenvalue weighted by atomic mass is 10.1. The molecule has 0 aliphatic rings. The Morgan fingerprint density at radius 1 is 1.11 bits per heavy atom. The molecule has 0 saturated carbocycles. The van der Waals surface area contributed by atoms with Crippen LogP contribution in [0.4, 0.5) is 0 Å². The molecule has 0 aliphatic heterocycles. The standard InChI is InChI=1S/C22H22N4O/c1-15-16(2)25-21-8-7-19(11-20(15)21)22(27)24-12-17-3-5-18(6-4-17)13-26-10-9-23-14-26/h3-11,14,25H,12-13H2,1-2H3,(H,24,27). The second-order valence-electron chi connectivity index (χ2n) is 6.87. The zero-order valence-corrected chi connectivity index (χ0v) is 15.5. The van der Waals surface area contributed by atoms with E-state index in [1.54, 1.807) is 12.5 Å². The maximum Gasteiger partial charge on any atom is 0.251 e. The van der Waals surface area contributed by atoms with Crippen LogP contribution in [0.5, 0.6) is 0 Å². The van der Waals surface area contributed by atoms with E-state index in [-0.39, 0.29) is 5.91 Å². The fourth-order valence-corrected chi connectivity index (χ4v) is 3.24. The monoisotopic (exact) mass is 358 g/mol. The molecule has 0 spiro atoms. The molecule has 5 heteroatoms. The molecule has 2 N–H and O–H groups in total. The van der Waals surface area contributed by atoms with Gasteiger partial charge in [-0.2, -0.15) is 0 Å². The molecule has 0 bridgehead atoms. The molecule has 0 aliphatic carbocycles. The van der Waals surface area contributed by atoms with Gasteiger partial charge in [-0.3, -0.25) is 4.79 Å². The van der Waals surface area contributed by atoms with E-state index < -0.39 is 0 Å². The highest BCUT2D eigenvalue weighted by Gasteiger charge is 2.10. The zero-order chi connectivity index (χ0) is 18.8. The van der Waals surface area contributed by atoms with E-state index in [4.69, 9.17) is 0 Å². The number of amides is 1. The van der Waals surface area contributed by atoms with Crippen molar-refractivity contribution in [2.24, 2.45) is 0 Å². The Morgan fingerprint density at radius 3 is 2.63 bits per heavy atom. The summed E-state index contributed by atoms with van der Waals surface area (Å²) in [4.78, 5) is 19.9. The second kappa shape index (κ2) is 7.11. The third kappa shape index (κ3) is 3.62. The Bertz CT molecular complexity index is 1080. The number of carbonyl (C=O) groups is 1. The van der Waals surface area contributed by atoms with E-state index in [2.05, 4.69) is 46.5 Å². The van der Waals surface area contributed by atoms with Crippen molar-refractivity contribution in [2.45, 2.75) is 26.9 Å². The van der Waals surface area contributed by atoms with Crippen LogP contribution in [-0.2, 0) is 13.1 Å². The highest BCUT2D eigenvalue weighted by molar-refractivity contribution is 5.99. The summed E-state index contributed by atoms with van der Waals surface area (Å²) in [6.07, 6.45) is 5.52. The van der Waals surface area contributed by atoms with E-state index in [1.165, 1.54) is 11.1 Å². The number of rotatable bonds is 5. The minimum atomic E-state index is -0.0577. The number of aryl methyl sites for hydroxylation is 2.